The molecule has 0 radical (unpaired) electrons. The maximum atomic E-state index is 13.0. The van der Waals surface area contributed by atoms with E-state index < -0.39 is 11.9 Å². The summed E-state index contributed by atoms with van der Waals surface area (Å²) in [6.07, 6.45) is 0. The van der Waals surface area contributed by atoms with E-state index in [2.05, 4.69) is 4.98 Å². The number of hydrogen-bond acceptors (Lipinski definition) is 10. The van der Waals surface area contributed by atoms with Crippen molar-refractivity contribution >= 4 is 11.9 Å². The quantitative estimate of drug-likeness (QED) is 0.297. The number of aromatic amines is 1. The average molecular weight is 516 g/mol. The van der Waals surface area contributed by atoms with Gasteiger partial charge in [0.05, 0.1) is 42.7 Å². The van der Waals surface area contributed by atoms with Crippen LogP contribution in [0.5, 0.6) is 28.7 Å². The Labute approximate surface area is 214 Å². The van der Waals surface area contributed by atoms with Crippen molar-refractivity contribution < 1.29 is 47.5 Å². The van der Waals surface area contributed by atoms with Crippen molar-refractivity contribution in [1.29, 1.82) is 0 Å². The predicted molar refractivity (Wildman–Crippen MR) is 133 cm³/mol. The zero-order chi connectivity index (χ0) is 27.1. The second-order valence-corrected chi connectivity index (χ2v) is 7.43. The topological polar surface area (TPSA) is 124 Å². The van der Waals surface area contributed by atoms with Gasteiger partial charge in [0, 0.05) is 29.9 Å². The maximum absolute atomic E-state index is 13.0. The monoisotopic (exact) mass is 515 g/mol. The largest absolute Gasteiger partial charge is 0.493 e. The van der Waals surface area contributed by atoms with E-state index in [1.165, 1.54) is 49.8 Å². The fraction of sp³-hybridized carbons (Fsp3) is 0.308. The van der Waals surface area contributed by atoms with Crippen LogP contribution >= 0.6 is 0 Å². The van der Waals surface area contributed by atoms with Gasteiger partial charge in [-0.2, -0.15) is 0 Å². The molecule has 11 nitrogen and oxygen atoms in total. The lowest BCUT2D eigenvalue weighted by atomic mass is 9.93. The SMILES string of the molecule is COCOc1cc(OC)c(OC)cc1-c1c(C(=O)OC)[nH]c(C(=O)OC)c1-c1ccc(OC)c(OC)c1. The van der Waals surface area contributed by atoms with E-state index in [-0.39, 0.29) is 18.2 Å². The summed E-state index contributed by atoms with van der Waals surface area (Å²) in [4.78, 5) is 28.8. The van der Waals surface area contributed by atoms with Crippen LogP contribution in [0.1, 0.15) is 21.0 Å². The van der Waals surface area contributed by atoms with Crippen molar-refractivity contribution in [3.63, 3.8) is 0 Å². The van der Waals surface area contributed by atoms with Crippen molar-refractivity contribution in [2.75, 3.05) is 56.6 Å². The molecule has 0 unspecified atom stereocenters. The van der Waals surface area contributed by atoms with Crippen LogP contribution in [0.25, 0.3) is 22.3 Å². The first kappa shape index (κ1) is 27.2. The van der Waals surface area contributed by atoms with E-state index in [0.29, 0.717) is 51.0 Å². The van der Waals surface area contributed by atoms with Gasteiger partial charge in [-0.05, 0) is 23.8 Å². The zero-order valence-corrected chi connectivity index (χ0v) is 21.7. The Kier molecular flexibility index (Phi) is 8.86. The van der Waals surface area contributed by atoms with Crippen molar-refractivity contribution in [3.8, 4) is 51.0 Å². The molecule has 3 aromatic rings. The number of benzene rings is 2. The van der Waals surface area contributed by atoms with Gasteiger partial charge in [-0.15, -0.1) is 0 Å². The molecule has 3 rings (SSSR count). The van der Waals surface area contributed by atoms with E-state index in [9.17, 15) is 9.59 Å². The lowest BCUT2D eigenvalue weighted by molar-refractivity contribution is 0.0513. The summed E-state index contributed by atoms with van der Waals surface area (Å²) in [6, 6.07) is 8.30. The Balaban J connectivity index is 2.50. The first-order chi connectivity index (χ1) is 17.9. The number of H-pyrrole nitrogens is 1. The highest BCUT2D eigenvalue weighted by atomic mass is 16.7. The summed E-state index contributed by atoms with van der Waals surface area (Å²) in [5.41, 5.74) is 1.55. The van der Waals surface area contributed by atoms with Crippen LogP contribution in [0.15, 0.2) is 30.3 Å². The smallest absolute Gasteiger partial charge is 0.355 e. The van der Waals surface area contributed by atoms with Crippen LogP contribution in [-0.4, -0.2) is 73.5 Å². The molecule has 0 aliphatic carbocycles. The third-order valence-corrected chi connectivity index (χ3v) is 5.54. The van der Waals surface area contributed by atoms with Crippen LogP contribution in [0, 0.1) is 0 Å². The molecule has 0 amide bonds. The van der Waals surface area contributed by atoms with Gasteiger partial charge >= 0.3 is 11.9 Å². The first-order valence-electron chi connectivity index (χ1n) is 10.9. The third-order valence-electron chi connectivity index (χ3n) is 5.54. The highest BCUT2D eigenvalue weighted by molar-refractivity contribution is 6.09. The highest BCUT2D eigenvalue weighted by Crippen LogP contribution is 2.47. The number of esters is 2. The molecular weight excluding hydrogens is 486 g/mol. The number of aromatic nitrogens is 1. The van der Waals surface area contributed by atoms with Gasteiger partial charge in [-0.25, -0.2) is 9.59 Å². The van der Waals surface area contributed by atoms with Gasteiger partial charge in [-0.3, -0.25) is 0 Å². The number of ether oxygens (including phenoxy) is 8. The van der Waals surface area contributed by atoms with Crippen molar-refractivity contribution in [2.45, 2.75) is 0 Å². The molecule has 0 aliphatic heterocycles. The second-order valence-electron chi connectivity index (χ2n) is 7.43. The van der Waals surface area contributed by atoms with Crippen LogP contribution in [0.2, 0.25) is 0 Å². The lowest BCUT2D eigenvalue weighted by Crippen LogP contribution is -2.06. The van der Waals surface area contributed by atoms with Crippen molar-refractivity contribution in [3.05, 3.63) is 41.7 Å². The fourth-order valence-corrected chi connectivity index (χ4v) is 3.86. The Morgan fingerprint density at radius 2 is 1.19 bits per heavy atom. The highest BCUT2D eigenvalue weighted by Gasteiger charge is 2.31. The maximum Gasteiger partial charge on any atom is 0.355 e. The summed E-state index contributed by atoms with van der Waals surface area (Å²) >= 11 is 0. The molecule has 1 aromatic heterocycles. The summed E-state index contributed by atoms with van der Waals surface area (Å²) in [5.74, 6) is 0.491. The predicted octanol–water partition coefficient (Wildman–Crippen LogP) is 3.94. The zero-order valence-electron chi connectivity index (χ0n) is 21.7. The van der Waals surface area contributed by atoms with Gasteiger partial charge in [0.2, 0.25) is 0 Å². The third kappa shape index (κ3) is 5.26. The number of carbonyl (C=O) groups is 2. The van der Waals surface area contributed by atoms with E-state index in [4.69, 9.17) is 37.9 Å². The summed E-state index contributed by atoms with van der Waals surface area (Å²) in [7, 11) is 9.91. The Morgan fingerprint density at radius 3 is 1.73 bits per heavy atom. The van der Waals surface area contributed by atoms with Gasteiger partial charge in [-0.1, -0.05) is 6.07 Å². The van der Waals surface area contributed by atoms with E-state index in [0.717, 1.165) is 0 Å². The minimum Gasteiger partial charge on any atom is -0.493 e. The molecule has 11 heteroatoms. The standard InChI is InChI=1S/C26H29NO10/c1-30-13-37-17-12-20(34-5)19(33-4)11-15(17)22-21(14-8-9-16(31-2)18(10-14)32-3)23(25(28)35-6)27-24(22)26(29)36-7/h8-12,27H,13H2,1-7H3. The molecule has 37 heavy (non-hydrogen) atoms. The summed E-state index contributed by atoms with van der Waals surface area (Å²) < 4.78 is 42.7. The van der Waals surface area contributed by atoms with E-state index >= 15 is 0 Å². The van der Waals surface area contributed by atoms with Crippen LogP contribution in [0.4, 0.5) is 0 Å². The van der Waals surface area contributed by atoms with Gasteiger partial charge in [0.1, 0.15) is 17.1 Å². The summed E-state index contributed by atoms with van der Waals surface area (Å²) in [5, 5.41) is 0. The number of methoxy groups -OCH3 is 7. The lowest BCUT2D eigenvalue weighted by Gasteiger charge is -2.17. The first-order valence-corrected chi connectivity index (χ1v) is 10.9. The Morgan fingerprint density at radius 1 is 0.649 bits per heavy atom. The molecule has 0 atom stereocenters. The molecule has 0 spiro atoms. The normalized spacial score (nSPS) is 10.5. The van der Waals surface area contributed by atoms with E-state index in [1.54, 1.807) is 30.3 Å². The molecule has 2 aromatic carbocycles. The minimum absolute atomic E-state index is 0.0117. The number of rotatable bonds is 11. The van der Waals surface area contributed by atoms with Crippen molar-refractivity contribution in [2.24, 2.45) is 0 Å². The Bertz CT molecular complexity index is 1280. The number of carbonyl (C=O) groups excluding carboxylic acids is 2. The fourth-order valence-electron chi connectivity index (χ4n) is 3.86. The Hall–Kier alpha value is -4.38. The number of hydrogen-bond donors (Lipinski definition) is 1. The van der Waals surface area contributed by atoms with Gasteiger partial charge in [0.15, 0.2) is 29.8 Å². The molecule has 0 saturated carbocycles. The molecule has 1 heterocycles. The second kappa shape index (κ2) is 12.0. The molecule has 198 valence electrons. The minimum atomic E-state index is -0.723. The molecule has 0 aliphatic rings. The molecular formula is C26H29NO10. The average Bonchev–Trinajstić information content (AvgIpc) is 3.34. The van der Waals surface area contributed by atoms with Gasteiger partial charge < -0.3 is 42.9 Å². The van der Waals surface area contributed by atoms with Crippen molar-refractivity contribution in [1.82, 2.24) is 4.98 Å². The van der Waals surface area contributed by atoms with E-state index in [1.807, 2.05) is 0 Å². The van der Waals surface area contributed by atoms with Crippen LogP contribution in [0.3, 0.4) is 0 Å². The molecule has 0 saturated heterocycles. The number of nitrogens with one attached hydrogen (secondary N) is 1. The molecule has 0 bridgehead atoms. The molecule has 0 fully saturated rings. The summed E-state index contributed by atoms with van der Waals surface area (Å²) in [6.45, 7) is -0.101. The van der Waals surface area contributed by atoms with Gasteiger partial charge in [0.25, 0.3) is 0 Å². The molecule has 1 N–H and O–H groups in total. The van der Waals surface area contributed by atoms with Crippen LogP contribution < -0.4 is 23.7 Å². The van der Waals surface area contributed by atoms with Crippen LogP contribution in [-0.2, 0) is 14.2 Å².